The first kappa shape index (κ1) is 17.2. The summed E-state index contributed by atoms with van der Waals surface area (Å²) in [5.74, 6) is 0.893. The highest BCUT2D eigenvalue weighted by atomic mass is 32.1. The maximum atomic E-state index is 13.0. The number of nitrogens with zero attached hydrogens (tertiary/aromatic N) is 2. The molecule has 0 bridgehead atoms. The molecule has 7 nitrogen and oxygen atoms in total. The van der Waals surface area contributed by atoms with Gasteiger partial charge in [-0.1, -0.05) is 29.5 Å². The molecule has 1 saturated carbocycles. The minimum atomic E-state index is -0.00311. The maximum Gasteiger partial charge on any atom is 0.270 e. The highest BCUT2D eigenvalue weighted by Crippen LogP contribution is 2.51. The van der Waals surface area contributed by atoms with E-state index in [0.29, 0.717) is 55.4 Å². The summed E-state index contributed by atoms with van der Waals surface area (Å²) in [5.41, 5.74) is 2.56. The summed E-state index contributed by atoms with van der Waals surface area (Å²) in [7, 11) is 0. The van der Waals surface area contributed by atoms with Crippen LogP contribution >= 0.6 is 11.3 Å². The first-order valence-corrected chi connectivity index (χ1v) is 10.7. The van der Waals surface area contributed by atoms with Gasteiger partial charge in [-0.3, -0.25) is 9.59 Å². The number of nitrogens with one attached hydrogen (secondary N) is 2. The molecule has 2 fully saturated rings. The summed E-state index contributed by atoms with van der Waals surface area (Å²) in [6, 6.07) is 9.79. The molecule has 6 rings (SSSR count). The molecule has 148 valence electrons. The number of anilines is 1. The third kappa shape index (κ3) is 2.86. The van der Waals surface area contributed by atoms with Crippen molar-refractivity contribution in [3.63, 3.8) is 0 Å². The summed E-state index contributed by atoms with van der Waals surface area (Å²) in [6.07, 6.45) is 0.705. The van der Waals surface area contributed by atoms with Crippen LogP contribution in [0.1, 0.15) is 21.1 Å². The molecule has 3 aromatic rings. The molecule has 1 saturated heterocycles. The summed E-state index contributed by atoms with van der Waals surface area (Å²) in [6.45, 7) is 2.55. The predicted molar refractivity (Wildman–Crippen MR) is 109 cm³/mol. The number of hydrogen-bond donors (Lipinski definition) is 2. The number of aromatic nitrogens is 2. The van der Waals surface area contributed by atoms with Gasteiger partial charge >= 0.3 is 0 Å². The van der Waals surface area contributed by atoms with Crippen LogP contribution in [-0.4, -0.2) is 46.4 Å². The van der Waals surface area contributed by atoms with E-state index < -0.39 is 0 Å². The van der Waals surface area contributed by atoms with Crippen LogP contribution in [0.5, 0.6) is 0 Å². The average molecular weight is 408 g/mol. The number of para-hydroxylation sites is 1. The molecular weight excluding hydrogens is 388 g/mol. The quantitative estimate of drug-likeness (QED) is 0.698. The molecule has 4 heterocycles. The largest absolute Gasteiger partial charge is 0.381 e. The standard InChI is InChI=1S/C21H20N4O3S/c26-19(18-12-9-28-10-13(12)18)24-21-23-15-5-6-25(8-17(15)29-21)20(27)16-7-11-3-1-2-4-14(11)22-16/h1-4,7,12-13,18,22H,5-6,8-10H2,(H,23,24,26)/t12-,13+,18+. The highest BCUT2D eigenvalue weighted by Gasteiger charge is 2.58. The smallest absolute Gasteiger partial charge is 0.270 e. The van der Waals surface area contributed by atoms with Gasteiger partial charge in [-0.25, -0.2) is 4.98 Å². The number of ether oxygens (including phenoxy) is 1. The van der Waals surface area contributed by atoms with Crippen LogP contribution in [0.4, 0.5) is 5.13 Å². The van der Waals surface area contributed by atoms with Crippen LogP contribution in [0.3, 0.4) is 0 Å². The molecule has 2 amide bonds. The van der Waals surface area contributed by atoms with Crippen LogP contribution < -0.4 is 5.32 Å². The number of amides is 2. The molecule has 3 aliphatic rings. The van der Waals surface area contributed by atoms with Crippen molar-refractivity contribution >= 4 is 39.2 Å². The number of H-pyrrole nitrogens is 1. The van der Waals surface area contributed by atoms with Gasteiger partial charge in [-0.2, -0.15) is 0 Å². The second-order valence-electron chi connectivity index (χ2n) is 8.02. The van der Waals surface area contributed by atoms with E-state index in [9.17, 15) is 9.59 Å². The lowest BCUT2D eigenvalue weighted by Crippen LogP contribution is -2.35. The Labute approximate surface area is 171 Å². The number of benzene rings is 1. The van der Waals surface area contributed by atoms with Crippen molar-refractivity contribution in [1.29, 1.82) is 0 Å². The number of carbonyl (C=O) groups excluding carboxylic acids is 2. The summed E-state index contributed by atoms with van der Waals surface area (Å²) in [4.78, 5) is 36.2. The Morgan fingerprint density at radius 3 is 2.90 bits per heavy atom. The van der Waals surface area contributed by atoms with Crippen molar-refractivity contribution in [2.75, 3.05) is 25.1 Å². The van der Waals surface area contributed by atoms with Crippen LogP contribution in [-0.2, 0) is 22.5 Å². The minimum absolute atomic E-state index is 0.00311. The normalized spacial score (nSPS) is 25.0. The molecule has 2 aromatic heterocycles. The Balaban J connectivity index is 1.16. The first-order valence-electron chi connectivity index (χ1n) is 9.91. The Bertz CT molecular complexity index is 1090. The fourth-order valence-corrected chi connectivity index (χ4v) is 5.63. The Hall–Kier alpha value is -2.71. The van der Waals surface area contributed by atoms with Gasteiger partial charge in [0.1, 0.15) is 5.69 Å². The van der Waals surface area contributed by atoms with E-state index in [1.165, 1.54) is 11.3 Å². The van der Waals surface area contributed by atoms with Crippen LogP contribution in [0.15, 0.2) is 30.3 Å². The van der Waals surface area contributed by atoms with E-state index in [2.05, 4.69) is 15.3 Å². The Morgan fingerprint density at radius 2 is 2.07 bits per heavy atom. The molecule has 8 heteroatoms. The van der Waals surface area contributed by atoms with Gasteiger partial charge in [-0.05, 0) is 24.0 Å². The molecular formula is C21H20N4O3S. The zero-order valence-corrected chi connectivity index (χ0v) is 16.5. The number of thiazole rings is 1. The second-order valence-corrected chi connectivity index (χ2v) is 9.10. The van der Waals surface area contributed by atoms with Crippen molar-refractivity contribution in [3.05, 3.63) is 46.6 Å². The average Bonchev–Trinajstić information content (AvgIpc) is 3.15. The Morgan fingerprint density at radius 1 is 1.24 bits per heavy atom. The van der Waals surface area contributed by atoms with E-state index in [4.69, 9.17) is 4.74 Å². The highest BCUT2D eigenvalue weighted by molar-refractivity contribution is 7.15. The summed E-state index contributed by atoms with van der Waals surface area (Å²) in [5, 5.41) is 4.66. The van der Waals surface area contributed by atoms with Crippen molar-refractivity contribution in [3.8, 4) is 0 Å². The molecule has 2 aliphatic heterocycles. The third-order valence-corrected chi connectivity index (χ3v) is 7.26. The lowest BCUT2D eigenvalue weighted by atomic mass is 10.1. The molecule has 3 atom stereocenters. The van der Waals surface area contributed by atoms with Gasteiger partial charge < -0.3 is 19.9 Å². The number of rotatable bonds is 3. The molecule has 2 N–H and O–H groups in total. The number of fused-ring (bicyclic) bond motifs is 3. The van der Waals surface area contributed by atoms with Crippen molar-refractivity contribution in [2.45, 2.75) is 13.0 Å². The molecule has 0 radical (unpaired) electrons. The van der Waals surface area contributed by atoms with Gasteiger partial charge in [0, 0.05) is 34.7 Å². The summed E-state index contributed by atoms with van der Waals surface area (Å²) < 4.78 is 5.36. The fraction of sp³-hybridized carbons (Fsp3) is 0.381. The lowest BCUT2D eigenvalue weighted by molar-refractivity contribution is -0.118. The van der Waals surface area contributed by atoms with E-state index in [1.807, 2.05) is 35.2 Å². The summed E-state index contributed by atoms with van der Waals surface area (Å²) >= 11 is 1.48. The van der Waals surface area contributed by atoms with E-state index in [-0.39, 0.29) is 17.7 Å². The molecule has 1 aromatic carbocycles. The molecule has 0 spiro atoms. The topological polar surface area (TPSA) is 87.3 Å². The van der Waals surface area contributed by atoms with Crippen molar-refractivity contribution < 1.29 is 14.3 Å². The van der Waals surface area contributed by atoms with Gasteiger partial charge in [0.2, 0.25) is 5.91 Å². The third-order valence-electron chi connectivity index (χ3n) is 6.26. The minimum Gasteiger partial charge on any atom is -0.381 e. The van der Waals surface area contributed by atoms with E-state index >= 15 is 0 Å². The monoisotopic (exact) mass is 408 g/mol. The molecule has 0 unspecified atom stereocenters. The molecule has 1 aliphatic carbocycles. The zero-order chi connectivity index (χ0) is 19.5. The predicted octanol–water partition coefficient (Wildman–Crippen LogP) is 2.65. The zero-order valence-electron chi connectivity index (χ0n) is 15.7. The van der Waals surface area contributed by atoms with E-state index in [1.54, 1.807) is 0 Å². The lowest BCUT2D eigenvalue weighted by Gasteiger charge is -2.25. The Kier molecular flexibility index (Phi) is 3.79. The number of aromatic amines is 1. The second kappa shape index (κ2) is 6.40. The number of hydrogen-bond acceptors (Lipinski definition) is 5. The van der Waals surface area contributed by atoms with Crippen molar-refractivity contribution in [2.24, 2.45) is 17.8 Å². The van der Waals surface area contributed by atoms with Crippen LogP contribution in [0, 0.1) is 17.8 Å². The SMILES string of the molecule is O=C(Nc1nc2c(s1)CN(C(=O)c1cc3ccccc3[nH]1)CC2)[C@H]1[C@@H]2COC[C@@H]21. The van der Waals surface area contributed by atoms with Gasteiger partial charge in [0.25, 0.3) is 5.91 Å². The van der Waals surface area contributed by atoms with Crippen LogP contribution in [0.25, 0.3) is 10.9 Å². The van der Waals surface area contributed by atoms with Crippen LogP contribution in [0.2, 0.25) is 0 Å². The number of carbonyl (C=O) groups is 2. The van der Waals surface area contributed by atoms with Gasteiger partial charge in [-0.15, -0.1) is 0 Å². The van der Waals surface area contributed by atoms with Gasteiger partial charge in [0.15, 0.2) is 5.13 Å². The van der Waals surface area contributed by atoms with Gasteiger partial charge in [0.05, 0.1) is 25.5 Å². The molecule has 29 heavy (non-hydrogen) atoms. The fourth-order valence-electron chi connectivity index (χ4n) is 4.60. The maximum absolute atomic E-state index is 13.0. The first-order chi connectivity index (χ1) is 14.2. The van der Waals surface area contributed by atoms with E-state index in [0.717, 1.165) is 21.5 Å². The van der Waals surface area contributed by atoms with Crippen molar-refractivity contribution in [1.82, 2.24) is 14.9 Å².